The van der Waals surface area contributed by atoms with Gasteiger partial charge in [0.1, 0.15) is 23.2 Å². The van der Waals surface area contributed by atoms with Crippen LogP contribution < -0.4 is 28.3 Å². The maximum atomic E-state index is 4.11. The van der Waals surface area contributed by atoms with Gasteiger partial charge < -0.3 is 12.4 Å². The van der Waals surface area contributed by atoms with Crippen LogP contribution in [0.4, 0.5) is 0 Å². The second-order valence-electron chi connectivity index (χ2n) is 6.81. The number of rotatable bonds is 6. The molecule has 0 aliphatic carbocycles. The first-order chi connectivity index (χ1) is 15.9. The summed E-state index contributed by atoms with van der Waals surface area (Å²) in [4.78, 5) is 0. The van der Waals surface area contributed by atoms with Crippen molar-refractivity contribution in [2.24, 2.45) is 0 Å². The minimum atomic E-state index is -1.78. The smallest absolute Gasteiger partial charge is 0.115 e. The predicted octanol–water partition coefficient (Wildman–Crippen LogP) is 5.45. The fraction of sp³-hybridized carbons (Fsp3) is 0.0370. The fourth-order valence-corrected chi connectivity index (χ4v) is 7.71. The van der Waals surface area contributed by atoms with E-state index in [1.165, 1.54) is 21.5 Å². The molecule has 4 aromatic carbocycles. The maximum Gasteiger partial charge on any atom is 0.115 e. The molecular weight excluding hydrogens is 728 g/mol. The molecule has 0 heterocycles. The van der Waals surface area contributed by atoms with Crippen molar-refractivity contribution in [3.05, 3.63) is 133 Å². The van der Waals surface area contributed by atoms with Crippen molar-refractivity contribution in [1.82, 2.24) is 0 Å². The fourth-order valence-electron chi connectivity index (χ4n) is 3.72. The van der Waals surface area contributed by atoms with Gasteiger partial charge in [0.2, 0.25) is 0 Å². The van der Waals surface area contributed by atoms with E-state index < -0.39 is 7.26 Å². The molecule has 0 aliphatic heterocycles. The molecule has 0 fully saturated rings. The van der Waals surface area contributed by atoms with Crippen LogP contribution in [0.3, 0.4) is 0 Å². The van der Waals surface area contributed by atoms with Gasteiger partial charge in [-0.05, 0) is 48.0 Å². The summed E-state index contributed by atoms with van der Waals surface area (Å²) in [7, 11) is 14.7. The monoisotopic (exact) mass is 749 g/mol. The van der Waals surface area contributed by atoms with Crippen LogP contribution in [0.25, 0.3) is 6.08 Å². The van der Waals surface area contributed by atoms with Gasteiger partial charge in [-0.3, -0.25) is 0 Å². The van der Waals surface area contributed by atoms with Crippen LogP contribution in [0.5, 0.6) is 0 Å². The Bertz CT molecular complexity index is 937. The second-order valence-corrected chi connectivity index (χ2v) is 10.3. The van der Waals surface area contributed by atoms with E-state index >= 15 is 0 Å². The molecule has 7 heteroatoms. The Hall–Kier alpha value is -0.812. The molecular formula is C27H24Cl5PPt. The van der Waals surface area contributed by atoms with Crippen molar-refractivity contribution in [2.45, 2.75) is 0 Å². The molecule has 4 rings (SSSR count). The molecule has 0 saturated carbocycles. The molecule has 0 N–H and O–H groups in total. The van der Waals surface area contributed by atoms with Crippen molar-refractivity contribution in [2.75, 3.05) is 6.16 Å². The topological polar surface area (TPSA) is 0 Å². The molecule has 0 aliphatic rings. The molecule has 182 valence electrons. The molecule has 34 heavy (non-hydrogen) atoms. The number of halogens is 5. The second kappa shape index (κ2) is 19.4. The van der Waals surface area contributed by atoms with Gasteiger partial charge in [-0.25, -0.2) is 0 Å². The average Bonchev–Trinajstić information content (AvgIpc) is 2.91. The zero-order chi connectivity index (χ0) is 23.1. The van der Waals surface area contributed by atoms with Crippen LogP contribution in [0.15, 0.2) is 127 Å². The van der Waals surface area contributed by atoms with Crippen LogP contribution >= 0.6 is 50.7 Å². The summed E-state index contributed by atoms with van der Waals surface area (Å²) >= 11 is 0. The van der Waals surface area contributed by atoms with Crippen LogP contribution in [-0.4, -0.2) is 6.16 Å². The van der Waals surface area contributed by atoms with Crippen LogP contribution in [-0.2, 0) is 21.1 Å². The first-order valence-corrected chi connectivity index (χ1v) is 14.2. The Labute approximate surface area is 243 Å². The van der Waals surface area contributed by atoms with Crippen molar-refractivity contribution in [3.8, 4) is 0 Å². The molecule has 0 nitrogen and oxygen atoms in total. The summed E-state index contributed by atoms with van der Waals surface area (Å²) in [6.07, 6.45) is 5.61. The van der Waals surface area contributed by atoms with Gasteiger partial charge in [-0.1, -0.05) is 91.0 Å². The first-order valence-electron chi connectivity index (χ1n) is 9.95. The Kier molecular flexibility index (Phi) is 18.9. The molecule has 0 aromatic heterocycles. The normalized spacial score (nSPS) is 9.88. The van der Waals surface area contributed by atoms with Crippen molar-refractivity contribution < 1.29 is 33.5 Å². The largest absolute Gasteiger partial charge is 1.00 e. The van der Waals surface area contributed by atoms with E-state index in [0.717, 1.165) is 6.16 Å². The molecule has 0 unspecified atom stereocenters. The minimum absolute atomic E-state index is 0. The molecule has 0 bridgehead atoms. The van der Waals surface area contributed by atoms with E-state index in [4.69, 9.17) is 0 Å². The Morgan fingerprint density at radius 2 is 0.794 bits per heavy atom. The van der Waals surface area contributed by atoms with E-state index in [1.54, 1.807) is 0 Å². The van der Waals surface area contributed by atoms with Crippen LogP contribution in [0.2, 0.25) is 0 Å². The maximum absolute atomic E-state index is 4.11. The summed E-state index contributed by atoms with van der Waals surface area (Å²) in [5, 5.41) is 4.26. The predicted molar refractivity (Wildman–Crippen MR) is 149 cm³/mol. The molecule has 0 amide bonds. The number of allylic oxidation sites excluding steroid dienone is 1. The van der Waals surface area contributed by atoms with E-state index in [1.807, 2.05) is 0 Å². The average molecular weight is 752 g/mol. The third-order valence-electron chi connectivity index (χ3n) is 5.08. The van der Waals surface area contributed by atoms with E-state index in [2.05, 4.69) is 177 Å². The third-order valence-corrected chi connectivity index (χ3v) is 9.38. The van der Waals surface area contributed by atoms with Gasteiger partial charge in [-0.15, -0.1) is 0 Å². The van der Waals surface area contributed by atoms with Crippen molar-refractivity contribution in [3.63, 3.8) is 0 Å². The standard InChI is InChI=1S/C27H24P.2Cl2.ClH.Pt/c1-5-14-24(15-6-1)16-13-23-28(25-17-7-2-8-18-25,26-19-9-3-10-20-26)27-21-11-4-12-22-27;2*1-2;;/h1-22H,23H2;;;1H;/q+1;;;;/p-1/b16-13+;;;;. The SMILES string of the molecule is C(=C\c1ccccc1)/C[P+](c1ccccc1)(c1ccccc1)c1ccccc1.ClCl.ClCl.[Cl-].[Pt]. The number of benzene rings is 4. The molecule has 4 aromatic rings. The van der Waals surface area contributed by atoms with E-state index in [9.17, 15) is 0 Å². The summed E-state index contributed by atoms with van der Waals surface area (Å²) in [6, 6.07) is 43.6. The number of hydrogen-bond acceptors (Lipinski definition) is 0. The van der Waals surface area contributed by atoms with Gasteiger partial charge in [-0.2, -0.15) is 0 Å². The van der Waals surface area contributed by atoms with Gasteiger partial charge in [0.05, 0.1) is 6.16 Å². The zero-order valence-electron chi connectivity index (χ0n) is 18.1. The Morgan fingerprint density at radius 1 is 0.500 bits per heavy atom. The molecule has 0 saturated heterocycles. The Balaban J connectivity index is 0.00000173. The van der Waals surface area contributed by atoms with Gasteiger partial charge in [0.25, 0.3) is 0 Å². The van der Waals surface area contributed by atoms with Gasteiger partial charge in [0, 0.05) is 64.5 Å². The first kappa shape index (κ1) is 33.2. The molecule has 0 spiro atoms. The molecule has 0 radical (unpaired) electrons. The third kappa shape index (κ3) is 9.00. The summed E-state index contributed by atoms with van der Waals surface area (Å²) < 4.78 is 0. The van der Waals surface area contributed by atoms with Crippen LogP contribution in [0.1, 0.15) is 5.56 Å². The quantitative estimate of drug-likeness (QED) is 0.230. The van der Waals surface area contributed by atoms with E-state index in [0.29, 0.717) is 0 Å². The van der Waals surface area contributed by atoms with Crippen LogP contribution in [0, 0.1) is 0 Å². The molecule has 0 atom stereocenters. The zero-order valence-corrected chi connectivity index (χ0v) is 25.0. The Morgan fingerprint density at radius 3 is 1.12 bits per heavy atom. The summed E-state index contributed by atoms with van der Waals surface area (Å²) in [6.45, 7) is 0. The van der Waals surface area contributed by atoms with E-state index in [-0.39, 0.29) is 33.5 Å². The van der Waals surface area contributed by atoms with Crippen molar-refractivity contribution in [1.29, 1.82) is 0 Å². The summed E-state index contributed by atoms with van der Waals surface area (Å²) in [5.41, 5.74) is 1.25. The minimum Gasteiger partial charge on any atom is -1.00 e. The van der Waals surface area contributed by atoms with Crippen molar-refractivity contribution >= 4 is 72.7 Å². The van der Waals surface area contributed by atoms with Gasteiger partial charge >= 0.3 is 0 Å². The number of hydrogen-bond donors (Lipinski definition) is 0. The summed E-state index contributed by atoms with van der Waals surface area (Å²) in [5.74, 6) is 0. The van der Waals surface area contributed by atoms with Gasteiger partial charge in [0.15, 0.2) is 0 Å².